The third-order valence-corrected chi connectivity index (χ3v) is 5.73. The number of aromatic nitrogens is 3. The number of fused-ring (bicyclic) bond motifs is 1. The first kappa shape index (κ1) is 18.7. The Morgan fingerprint density at radius 3 is 2.69 bits per heavy atom. The Morgan fingerprint density at radius 1 is 1.14 bits per heavy atom. The predicted molar refractivity (Wildman–Crippen MR) is 107 cm³/mol. The lowest BCUT2D eigenvalue weighted by Gasteiger charge is -2.10. The van der Waals surface area contributed by atoms with Crippen LogP contribution in [0.25, 0.3) is 22.2 Å². The Balaban J connectivity index is 1.60. The van der Waals surface area contributed by atoms with Gasteiger partial charge in [-0.3, -0.25) is 14.8 Å². The molecule has 0 fully saturated rings. The zero-order valence-electron chi connectivity index (χ0n) is 15.2. The fourth-order valence-corrected chi connectivity index (χ4v) is 3.99. The summed E-state index contributed by atoms with van der Waals surface area (Å²) in [6.07, 6.45) is 1.36. The molecule has 0 saturated carbocycles. The molecule has 0 saturated heterocycles. The van der Waals surface area contributed by atoms with E-state index >= 15 is 0 Å². The number of nitrogens with zero attached hydrogens (tertiary/aromatic N) is 2. The number of methoxy groups -OCH3 is 1. The average molecular weight is 413 g/mol. The van der Waals surface area contributed by atoms with Crippen molar-refractivity contribution in [3.63, 3.8) is 0 Å². The van der Waals surface area contributed by atoms with Crippen molar-refractivity contribution in [1.82, 2.24) is 15.2 Å². The second-order valence-electron chi connectivity index (χ2n) is 6.20. The molecule has 4 N–H and O–H groups in total. The van der Waals surface area contributed by atoms with E-state index in [-0.39, 0.29) is 11.4 Å². The molecule has 0 aliphatic heterocycles. The van der Waals surface area contributed by atoms with Crippen molar-refractivity contribution < 1.29 is 17.5 Å². The predicted octanol–water partition coefficient (Wildman–Crippen LogP) is 3.16. The fraction of sp³-hybridized carbons (Fsp3) is 0.0526. The highest BCUT2D eigenvalue weighted by molar-refractivity contribution is 7.92. The van der Waals surface area contributed by atoms with E-state index in [9.17, 15) is 12.8 Å². The number of aromatic amines is 1. The molecule has 0 aliphatic rings. The molecule has 0 unspecified atom stereocenters. The van der Waals surface area contributed by atoms with E-state index in [0.717, 1.165) is 28.6 Å². The molecule has 10 heteroatoms. The monoisotopic (exact) mass is 413 g/mol. The zero-order valence-corrected chi connectivity index (χ0v) is 16.0. The first-order chi connectivity index (χ1) is 13.9. The van der Waals surface area contributed by atoms with Gasteiger partial charge in [0, 0.05) is 17.0 Å². The Labute approximate surface area is 165 Å². The number of pyridine rings is 1. The number of nitrogen functional groups attached to an aromatic ring is 1. The van der Waals surface area contributed by atoms with Gasteiger partial charge in [0.2, 0.25) is 0 Å². The van der Waals surface area contributed by atoms with Gasteiger partial charge < -0.3 is 10.5 Å². The lowest BCUT2D eigenvalue weighted by molar-refractivity contribution is 0.411. The number of hydrogen-bond donors (Lipinski definition) is 3. The Bertz CT molecular complexity index is 1300. The SMILES string of the molecule is COc1ccc(F)c(S(=O)(=O)Nc2ccc(-c3ccc4c(N)n[nH]c4c3)nc2)c1. The molecule has 2 aromatic carbocycles. The minimum absolute atomic E-state index is 0.197. The number of nitrogens with one attached hydrogen (secondary N) is 2. The lowest BCUT2D eigenvalue weighted by Crippen LogP contribution is -2.15. The molecule has 0 bridgehead atoms. The second kappa shape index (κ2) is 7.06. The van der Waals surface area contributed by atoms with Crippen LogP contribution in [0.1, 0.15) is 0 Å². The molecule has 0 radical (unpaired) electrons. The van der Waals surface area contributed by atoms with Gasteiger partial charge in [0.1, 0.15) is 16.5 Å². The molecule has 29 heavy (non-hydrogen) atoms. The van der Waals surface area contributed by atoms with Crippen LogP contribution in [0.4, 0.5) is 15.9 Å². The average Bonchev–Trinajstić information content (AvgIpc) is 3.09. The number of hydrogen-bond acceptors (Lipinski definition) is 6. The van der Waals surface area contributed by atoms with Crippen molar-refractivity contribution in [2.75, 3.05) is 17.6 Å². The summed E-state index contributed by atoms with van der Waals surface area (Å²) in [4.78, 5) is 3.77. The van der Waals surface area contributed by atoms with Gasteiger partial charge in [0.25, 0.3) is 10.0 Å². The molecule has 0 spiro atoms. The maximum Gasteiger partial charge on any atom is 0.265 e. The normalized spacial score (nSPS) is 11.5. The van der Waals surface area contributed by atoms with Gasteiger partial charge >= 0.3 is 0 Å². The first-order valence-corrected chi connectivity index (χ1v) is 9.92. The summed E-state index contributed by atoms with van der Waals surface area (Å²) in [7, 11) is -2.78. The van der Waals surface area contributed by atoms with Crippen molar-refractivity contribution in [3.8, 4) is 17.0 Å². The molecule has 4 aromatic rings. The van der Waals surface area contributed by atoms with Gasteiger partial charge in [0.05, 0.1) is 30.2 Å². The number of H-pyrrole nitrogens is 1. The van der Waals surface area contributed by atoms with Crippen LogP contribution >= 0.6 is 0 Å². The molecule has 2 aromatic heterocycles. The molecule has 0 amide bonds. The maximum atomic E-state index is 14.0. The van der Waals surface area contributed by atoms with Crippen LogP contribution in [-0.4, -0.2) is 30.7 Å². The van der Waals surface area contributed by atoms with Crippen molar-refractivity contribution >= 4 is 32.4 Å². The quantitative estimate of drug-likeness (QED) is 0.462. The number of rotatable bonds is 5. The number of ether oxygens (including phenoxy) is 1. The minimum atomic E-state index is -4.15. The van der Waals surface area contributed by atoms with Crippen LogP contribution in [0.15, 0.2) is 59.6 Å². The highest BCUT2D eigenvalue weighted by Gasteiger charge is 2.20. The van der Waals surface area contributed by atoms with Crippen LogP contribution in [0, 0.1) is 5.82 Å². The molecule has 8 nitrogen and oxygen atoms in total. The van der Waals surface area contributed by atoms with E-state index in [1.54, 1.807) is 12.1 Å². The standard InChI is InChI=1S/C19H16FN5O3S/c1-28-13-4-6-15(20)18(9-13)29(26,27)25-12-3-7-16(22-10-12)11-2-5-14-17(8-11)23-24-19(14)21/h2-10,25H,1H3,(H3,21,23,24). The van der Waals surface area contributed by atoms with Gasteiger partial charge in [-0.25, -0.2) is 12.8 Å². The van der Waals surface area contributed by atoms with Gasteiger partial charge in [-0.05, 0) is 36.4 Å². The Morgan fingerprint density at radius 2 is 1.97 bits per heavy atom. The van der Waals surface area contributed by atoms with E-state index in [1.807, 2.05) is 18.2 Å². The van der Waals surface area contributed by atoms with E-state index in [2.05, 4.69) is 19.9 Å². The lowest BCUT2D eigenvalue weighted by atomic mass is 10.1. The van der Waals surface area contributed by atoms with Crippen LogP contribution in [0.5, 0.6) is 5.75 Å². The van der Waals surface area contributed by atoms with Gasteiger partial charge in [-0.2, -0.15) is 5.10 Å². The topological polar surface area (TPSA) is 123 Å². The molecule has 4 rings (SSSR count). The molecular weight excluding hydrogens is 397 g/mol. The van der Waals surface area contributed by atoms with E-state index in [1.165, 1.54) is 19.4 Å². The fourth-order valence-electron chi connectivity index (χ4n) is 2.85. The number of anilines is 2. The molecule has 2 heterocycles. The summed E-state index contributed by atoms with van der Waals surface area (Å²) in [5, 5.41) is 7.59. The van der Waals surface area contributed by atoms with Gasteiger partial charge in [0.15, 0.2) is 5.82 Å². The number of nitrogens with two attached hydrogens (primary N) is 1. The minimum Gasteiger partial charge on any atom is -0.497 e. The summed E-state index contributed by atoms with van der Waals surface area (Å²) in [5.41, 5.74) is 8.15. The highest BCUT2D eigenvalue weighted by Crippen LogP contribution is 2.27. The van der Waals surface area contributed by atoms with Crippen LogP contribution in [0.3, 0.4) is 0 Å². The Hall–Kier alpha value is -3.66. The summed E-state index contributed by atoms with van der Waals surface area (Å²) in [6.45, 7) is 0. The Kier molecular flexibility index (Phi) is 4.55. The third kappa shape index (κ3) is 3.57. The van der Waals surface area contributed by atoms with Crippen LogP contribution in [-0.2, 0) is 10.0 Å². The maximum absolute atomic E-state index is 14.0. The largest absolute Gasteiger partial charge is 0.497 e. The number of sulfonamides is 1. The van der Waals surface area contributed by atoms with Crippen LogP contribution < -0.4 is 15.2 Å². The molecule has 0 atom stereocenters. The van der Waals surface area contributed by atoms with Crippen LogP contribution in [0.2, 0.25) is 0 Å². The molecule has 148 valence electrons. The first-order valence-electron chi connectivity index (χ1n) is 8.44. The smallest absolute Gasteiger partial charge is 0.265 e. The van der Waals surface area contributed by atoms with Gasteiger partial charge in [-0.15, -0.1) is 0 Å². The third-order valence-electron chi connectivity index (χ3n) is 4.33. The van der Waals surface area contributed by atoms with E-state index in [4.69, 9.17) is 10.5 Å². The number of halogens is 1. The van der Waals surface area contributed by atoms with E-state index < -0.39 is 20.7 Å². The van der Waals surface area contributed by atoms with Crippen molar-refractivity contribution in [1.29, 1.82) is 0 Å². The molecule has 0 aliphatic carbocycles. The second-order valence-corrected chi connectivity index (χ2v) is 7.85. The summed E-state index contributed by atoms with van der Waals surface area (Å²) in [6, 6.07) is 12.2. The van der Waals surface area contributed by atoms with Crippen molar-refractivity contribution in [2.45, 2.75) is 4.90 Å². The van der Waals surface area contributed by atoms with Crippen molar-refractivity contribution in [2.24, 2.45) is 0 Å². The summed E-state index contributed by atoms with van der Waals surface area (Å²) >= 11 is 0. The van der Waals surface area contributed by atoms with E-state index in [0.29, 0.717) is 11.5 Å². The summed E-state index contributed by atoms with van der Waals surface area (Å²) < 4.78 is 46.4. The van der Waals surface area contributed by atoms with Gasteiger partial charge in [-0.1, -0.05) is 6.07 Å². The zero-order chi connectivity index (χ0) is 20.6. The number of benzene rings is 2. The summed E-state index contributed by atoms with van der Waals surface area (Å²) in [5.74, 6) is -0.237. The molecular formula is C19H16FN5O3S. The van der Waals surface area contributed by atoms with Crippen molar-refractivity contribution in [3.05, 3.63) is 60.5 Å². The highest BCUT2D eigenvalue weighted by atomic mass is 32.2.